The van der Waals surface area contributed by atoms with Crippen LogP contribution in [0.3, 0.4) is 0 Å². The summed E-state index contributed by atoms with van der Waals surface area (Å²) in [5.74, 6) is 8.21. The smallest absolute Gasteiger partial charge is 0.0131 e. The first-order valence-electron chi connectivity index (χ1n) is 5.98. The summed E-state index contributed by atoms with van der Waals surface area (Å²) in [7, 11) is 0. The highest BCUT2D eigenvalue weighted by atomic mass is 15.4. The second-order valence-electron chi connectivity index (χ2n) is 4.98. The Kier molecular flexibility index (Phi) is 7.20. The van der Waals surface area contributed by atoms with Gasteiger partial charge in [0.15, 0.2) is 0 Å². The van der Waals surface area contributed by atoms with E-state index in [9.17, 15) is 0 Å². The van der Waals surface area contributed by atoms with E-state index >= 15 is 0 Å². The van der Waals surface area contributed by atoms with E-state index in [0.29, 0.717) is 0 Å². The van der Waals surface area contributed by atoms with Gasteiger partial charge < -0.3 is 0 Å². The molecule has 0 heterocycles. The molecule has 0 aromatic rings. The molecule has 14 heavy (non-hydrogen) atoms. The van der Waals surface area contributed by atoms with Gasteiger partial charge in [0.05, 0.1) is 0 Å². The Morgan fingerprint density at radius 3 is 1.86 bits per heavy atom. The van der Waals surface area contributed by atoms with Crippen molar-refractivity contribution >= 4 is 0 Å². The normalized spacial score (nSPS) is 12.4. The average Bonchev–Trinajstić information content (AvgIpc) is 2.03. The minimum Gasteiger partial charge on any atom is -0.269 e. The highest BCUT2D eigenvalue weighted by Gasteiger charge is 2.17. The largest absolute Gasteiger partial charge is 0.269 e. The molecular formula is C12H28N2. The number of hydrogen-bond donors (Lipinski definition) is 1. The number of hydrogen-bond acceptors (Lipinski definition) is 2. The molecule has 0 saturated heterocycles. The summed E-state index contributed by atoms with van der Waals surface area (Å²) in [6.07, 6.45) is 2.37. The fraction of sp³-hybridized carbons (Fsp3) is 1.00. The van der Waals surface area contributed by atoms with Crippen LogP contribution in [0.4, 0.5) is 0 Å². The molecule has 0 aromatic heterocycles. The van der Waals surface area contributed by atoms with Gasteiger partial charge in [-0.05, 0) is 30.6 Å². The zero-order valence-electron chi connectivity index (χ0n) is 10.6. The third kappa shape index (κ3) is 5.61. The first-order chi connectivity index (χ1) is 6.49. The van der Waals surface area contributed by atoms with Gasteiger partial charge >= 0.3 is 0 Å². The van der Waals surface area contributed by atoms with Crippen molar-refractivity contribution in [1.82, 2.24) is 5.01 Å². The van der Waals surface area contributed by atoms with Crippen LogP contribution in [0, 0.1) is 17.8 Å². The minimum atomic E-state index is 0.769. The van der Waals surface area contributed by atoms with Crippen molar-refractivity contribution < 1.29 is 0 Å². The minimum absolute atomic E-state index is 0.769. The number of rotatable bonds is 7. The quantitative estimate of drug-likeness (QED) is 0.506. The van der Waals surface area contributed by atoms with E-state index in [1.54, 1.807) is 0 Å². The maximum absolute atomic E-state index is 5.87. The molecule has 0 rings (SSSR count). The summed E-state index contributed by atoms with van der Waals surface area (Å²) >= 11 is 0. The standard InChI is InChI=1S/C12H28N2/c1-6-8-14(13)9-7-12(10(2)3)11(4)5/h10-12H,6-9,13H2,1-5H3. The van der Waals surface area contributed by atoms with Gasteiger partial charge in [0, 0.05) is 13.1 Å². The van der Waals surface area contributed by atoms with E-state index < -0.39 is 0 Å². The molecule has 0 saturated carbocycles. The molecular weight excluding hydrogens is 172 g/mol. The molecule has 2 N–H and O–H groups in total. The van der Waals surface area contributed by atoms with Crippen molar-refractivity contribution in [3.63, 3.8) is 0 Å². The monoisotopic (exact) mass is 200 g/mol. The molecule has 0 aliphatic carbocycles. The Morgan fingerprint density at radius 1 is 1.00 bits per heavy atom. The third-order valence-corrected chi connectivity index (χ3v) is 2.97. The summed E-state index contributed by atoms with van der Waals surface area (Å²) in [6.45, 7) is 13.5. The van der Waals surface area contributed by atoms with Crippen LogP contribution in [0.5, 0.6) is 0 Å². The van der Waals surface area contributed by atoms with Gasteiger partial charge in [-0.2, -0.15) is 0 Å². The Hall–Kier alpha value is -0.0800. The van der Waals surface area contributed by atoms with E-state index in [4.69, 9.17) is 5.84 Å². The Bertz CT molecular complexity index is 124. The van der Waals surface area contributed by atoms with Crippen LogP contribution in [-0.4, -0.2) is 18.1 Å². The van der Waals surface area contributed by atoms with Crippen LogP contribution in [0.2, 0.25) is 0 Å². The molecule has 0 amide bonds. The van der Waals surface area contributed by atoms with E-state index in [-0.39, 0.29) is 0 Å². The summed E-state index contributed by atoms with van der Waals surface area (Å²) in [5.41, 5.74) is 0. The van der Waals surface area contributed by atoms with Crippen LogP contribution in [0.15, 0.2) is 0 Å². The van der Waals surface area contributed by atoms with Gasteiger partial charge in [-0.15, -0.1) is 0 Å². The number of hydrazine groups is 1. The maximum atomic E-state index is 5.87. The summed E-state index contributed by atoms with van der Waals surface area (Å²) in [4.78, 5) is 0. The molecule has 0 spiro atoms. The third-order valence-electron chi connectivity index (χ3n) is 2.97. The molecule has 0 fully saturated rings. The zero-order valence-corrected chi connectivity index (χ0v) is 10.6. The lowest BCUT2D eigenvalue weighted by molar-refractivity contribution is 0.205. The van der Waals surface area contributed by atoms with Gasteiger partial charge in [0.1, 0.15) is 0 Å². The second-order valence-corrected chi connectivity index (χ2v) is 4.98. The molecule has 0 unspecified atom stereocenters. The Morgan fingerprint density at radius 2 is 1.50 bits per heavy atom. The number of nitrogens with two attached hydrogens (primary N) is 1. The topological polar surface area (TPSA) is 29.3 Å². The fourth-order valence-electron chi connectivity index (χ4n) is 2.15. The first kappa shape index (κ1) is 13.9. The van der Waals surface area contributed by atoms with Gasteiger partial charge in [-0.1, -0.05) is 34.6 Å². The van der Waals surface area contributed by atoms with Crippen molar-refractivity contribution in [2.24, 2.45) is 23.6 Å². The average molecular weight is 200 g/mol. The van der Waals surface area contributed by atoms with Crippen LogP contribution in [0.1, 0.15) is 47.5 Å². The van der Waals surface area contributed by atoms with Crippen LogP contribution < -0.4 is 5.84 Å². The zero-order chi connectivity index (χ0) is 11.1. The highest BCUT2D eigenvalue weighted by Crippen LogP contribution is 2.23. The predicted octanol–water partition coefficient (Wildman–Crippen LogP) is 2.89. The highest BCUT2D eigenvalue weighted by molar-refractivity contribution is 4.68. The van der Waals surface area contributed by atoms with E-state index in [2.05, 4.69) is 34.6 Å². The molecule has 86 valence electrons. The van der Waals surface area contributed by atoms with Gasteiger partial charge in [0.2, 0.25) is 0 Å². The molecule has 2 nitrogen and oxygen atoms in total. The fourth-order valence-corrected chi connectivity index (χ4v) is 2.15. The molecule has 0 aromatic carbocycles. The Labute approximate surface area is 89.8 Å². The van der Waals surface area contributed by atoms with Gasteiger partial charge in [-0.3, -0.25) is 5.84 Å². The lowest BCUT2D eigenvalue weighted by atomic mass is 9.83. The van der Waals surface area contributed by atoms with Crippen LogP contribution in [-0.2, 0) is 0 Å². The molecule has 0 bridgehead atoms. The van der Waals surface area contributed by atoms with E-state index in [0.717, 1.165) is 37.3 Å². The molecule has 2 heteroatoms. The summed E-state index contributed by atoms with van der Waals surface area (Å²) in [6, 6.07) is 0. The van der Waals surface area contributed by atoms with E-state index in [1.165, 1.54) is 6.42 Å². The lowest BCUT2D eigenvalue weighted by Gasteiger charge is -2.27. The second kappa shape index (κ2) is 7.24. The van der Waals surface area contributed by atoms with Crippen molar-refractivity contribution in [1.29, 1.82) is 0 Å². The van der Waals surface area contributed by atoms with Crippen LogP contribution >= 0.6 is 0 Å². The van der Waals surface area contributed by atoms with E-state index in [1.807, 2.05) is 5.01 Å². The summed E-state index contributed by atoms with van der Waals surface area (Å²) < 4.78 is 0. The summed E-state index contributed by atoms with van der Waals surface area (Å²) in [5, 5.41) is 1.96. The lowest BCUT2D eigenvalue weighted by Crippen LogP contribution is -2.34. The molecule has 0 atom stereocenters. The van der Waals surface area contributed by atoms with Crippen molar-refractivity contribution in [2.75, 3.05) is 13.1 Å². The van der Waals surface area contributed by atoms with Gasteiger partial charge in [-0.25, -0.2) is 5.01 Å². The molecule has 0 aliphatic heterocycles. The number of nitrogens with zero attached hydrogens (tertiary/aromatic N) is 1. The van der Waals surface area contributed by atoms with Crippen molar-refractivity contribution in [3.05, 3.63) is 0 Å². The molecule has 0 radical (unpaired) electrons. The SMILES string of the molecule is CCCN(N)CCC(C(C)C)C(C)C. The maximum Gasteiger partial charge on any atom is 0.0131 e. The van der Waals surface area contributed by atoms with Crippen LogP contribution in [0.25, 0.3) is 0 Å². The first-order valence-corrected chi connectivity index (χ1v) is 5.98. The van der Waals surface area contributed by atoms with Crippen molar-refractivity contribution in [3.8, 4) is 0 Å². The van der Waals surface area contributed by atoms with Crippen molar-refractivity contribution in [2.45, 2.75) is 47.5 Å². The van der Waals surface area contributed by atoms with Gasteiger partial charge in [0.25, 0.3) is 0 Å². The Balaban J connectivity index is 3.82. The molecule has 0 aliphatic rings. The predicted molar refractivity (Wildman–Crippen MR) is 63.8 cm³/mol.